The third-order valence-corrected chi connectivity index (χ3v) is 8.19. The largest absolute Gasteiger partial charge is 0.496 e. The number of amides is 1. The first-order valence-corrected chi connectivity index (χ1v) is 13.5. The molecule has 1 aliphatic heterocycles. The number of carbonyl (C=O) groups excluding carboxylic acids is 1. The zero-order valence-electron chi connectivity index (χ0n) is 21.6. The lowest BCUT2D eigenvalue weighted by molar-refractivity contribution is -0.123. The van der Waals surface area contributed by atoms with Gasteiger partial charge in [0, 0.05) is 12.6 Å². The van der Waals surface area contributed by atoms with E-state index in [1.54, 1.807) is 21.3 Å². The molecule has 0 radical (unpaired) electrons. The number of fused-ring (bicyclic) bond motifs is 2. The number of halogens is 1. The fourth-order valence-electron chi connectivity index (χ4n) is 5.70. The number of methoxy groups -OCH3 is 3. The molecular formula is C30H33BrN2O4. The molecule has 0 aromatic heterocycles. The topological polar surface area (TPSA) is 60.0 Å². The van der Waals surface area contributed by atoms with E-state index in [-0.39, 0.29) is 18.0 Å². The Labute approximate surface area is 227 Å². The highest BCUT2D eigenvalue weighted by Crippen LogP contribution is 2.40. The molecule has 0 saturated heterocycles. The first-order chi connectivity index (χ1) is 18.0. The Kier molecular flexibility index (Phi) is 7.72. The Hall–Kier alpha value is -3.03. The van der Waals surface area contributed by atoms with Crippen LogP contribution in [0.2, 0.25) is 0 Å². The van der Waals surface area contributed by atoms with Gasteiger partial charge in [0.25, 0.3) is 0 Å². The molecule has 0 spiro atoms. The van der Waals surface area contributed by atoms with Crippen LogP contribution in [-0.2, 0) is 24.1 Å². The van der Waals surface area contributed by atoms with Gasteiger partial charge in [0.15, 0.2) is 11.5 Å². The van der Waals surface area contributed by atoms with E-state index in [9.17, 15) is 4.79 Å². The summed E-state index contributed by atoms with van der Waals surface area (Å²) in [6, 6.07) is 18.8. The molecular weight excluding hydrogens is 532 g/mol. The molecule has 1 N–H and O–H groups in total. The summed E-state index contributed by atoms with van der Waals surface area (Å²) in [5, 5.41) is 3.31. The monoisotopic (exact) mass is 564 g/mol. The first kappa shape index (κ1) is 25.6. The van der Waals surface area contributed by atoms with Crippen molar-refractivity contribution in [2.45, 2.75) is 37.8 Å². The fraction of sp³-hybridized carbons (Fsp3) is 0.367. The van der Waals surface area contributed by atoms with Crippen LogP contribution in [-0.4, -0.2) is 45.2 Å². The zero-order chi connectivity index (χ0) is 25.9. The number of hydrogen-bond donors (Lipinski definition) is 1. The van der Waals surface area contributed by atoms with E-state index in [1.165, 1.54) is 22.3 Å². The molecule has 1 heterocycles. The normalized spacial score (nSPS) is 18.6. The summed E-state index contributed by atoms with van der Waals surface area (Å²) in [6.07, 6.45) is 3.56. The van der Waals surface area contributed by atoms with Gasteiger partial charge in [-0.05, 0) is 93.7 Å². The maximum Gasteiger partial charge on any atom is 0.234 e. The number of carbonyl (C=O) groups is 1. The molecule has 2 atom stereocenters. The standard InChI is InChI=1S/C30H33BrN2O4/c1-35-27-11-8-19(14-24(27)31)15-26-23-17-29(37-3)28(36-2)16-21(23)12-13-33(26)18-30(34)32-25-10-9-20-6-4-5-7-22(20)25/h4-8,11,14,16-17,25-26H,9-10,12-13,15,18H2,1-3H3,(H,32,34). The van der Waals surface area contributed by atoms with Crippen LogP contribution in [0.5, 0.6) is 17.2 Å². The Morgan fingerprint density at radius 3 is 2.43 bits per heavy atom. The number of aryl methyl sites for hydroxylation is 1. The van der Waals surface area contributed by atoms with E-state index in [2.05, 4.69) is 74.7 Å². The Morgan fingerprint density at radius 1 is 0.919 bits per heavy atom. The molecule has 0 bridgehead atoms. The lowest BCUT2D eigenvalue weighted by Gasteiger charge is -2.38. The Balaban J connectivity index is 1.41. The molecule has 2 unspecified atom stereocenters. The van der Waals surface area contributed by atoms with Crippen LogP contribution in [0, 0.1) is 0 Å². The number of ether oxygens (including phenoxy) is 3. The van der Waals surface area contributed by atoms with Crippen LogP contribution in [0.3, 0.4) is 0 Å². The van der Waals surface area contributed by atoms with E-state index < -0.39 is 0 Å². The Bertz CT molecular complexity index is 1290. The predicted octanol–water partition coefficient (Wildman–Crippen LogP) is 5.42. The van der Waals surface area contributed by atoms with Gasteiger partial charge in [0.1, 0.15) is 5.75 Å². The van der Waals surface area contributed by atoms with Crippen LogP contribution in [0.25, 0.3) is 0 Å². The van der Waals surface area contributed by atoms with Crippen molar-refractivity contribution in [3.63, 3.8) is 0 Å². The number of benzene rings is 3. The number of nitrogens with one attached hydrogen (secondary N) is 1. The quantitative estimate of drug-likeness (QED) is 0.396. The van der Waals surface area contributed by atoms with Crippen LogP contribution in [0.4, 0.5) is 0 Å². The molecule has 194 valence electrons. The maximum absolute atomic E-state index is 13.3. The zero-order valence-corrected chi connectivity index (χ0v) is 23.1. The molecule has 1 amide bonds. The van der Waals surface area contributed by atoms with Gasteiger partial charge in [-0.25, -0.2) is 0 Å². The van der Waals surface area contributed by atoms with Gasteiger partial charge in [-0.1, -0.05) is 30.3 Å². The van der Waals surface area contributed by atoms with Crippen molar-refractivity contribution in [3.05, 3.63) is 86.9 Å². The summed E-state index contributed by atoms with van der Waals surface area (Å²) < 4.78 is 17.6. The first-order valence-electron chi connectivity index (χ1n) is 12.7. The second-order valence-corrected chi connectivity index (χ2v) is 10.5. The average molecular weight is 566 g/mol. The van der Waals surface area contributed by atoms with Crippen molar-refractivity contribution in [1.82, 2.24) is 10.2 Å². The summed E-state index contributed by atoms with van der Waals surface area (Å²) in [5.74, 6) is 2.30. The number of hydrogen-bond acceptors (Lipinski definition) is 5. The third kappa shape index (κ3) is 5.34. The van der Waals surface area contributed by atoms with Gasteiger partial charge in [0.05, 0.1) is 38.4 Å². The lowest BCUT2D eigenvalue weighted by Crippen LogP contribution is -2.44. The van der Waals surface area contributed by atoms with E-state index in [0.717, 1.165) is 53.8 Å². The van der Waals surface area contributed by atoms with Crippen molar-refractivity contribution in [1.29, 1.82) is 0 Å². The summed E-state index contributed by atoms with van der Waals surface area (Å²) in [5.41, 5.74) is 6.15. The smallest absolute Gasteiger partial charge is 0.234 e. The van der Waals surface area contributed by atoms with Crippen LogP contribution >= 0.6 is 15.9 Å². The lowest BCUT2D eigenvalue weighted by atomic mass is 9.88. The third-order valence-electron chi connectivity index (χ3n) is 7.57. The molecule has 3 aromatic carbocycles. The summed E-state index contributed by atoms with van der Waals surface area (Å²) in [6.45, 7) is 1.13. The van der Waals surface area contributed by atoms with Crippen molar-refractivity contribution < 1.29 is 19.0 Å². The van der Waals surface area contributed by atoms with Gasteiger partial charge in [-0.15, -0.1) is 0 Å². The van der Waals surface area contributed by atoms with Crippen molar-refractivity contribution in [2.24, 2.45) is 0 Å². The minimum absolute atomic E-state index is 0.0189. The van der Waals surface area contributed by atoms with Crippen molar-refractivity contribution in [2.75, 3.05) is 34.4 Å². The maximum atomic E-state index is 13.3. The molecule has 5 rings (SSSR count). The second-order valence-electron chi connectivity index (χ2n) is 9.67. The molecule has 37 heavy (non-hydrogen) atoms. The number of rotatable bonds is 8. The van der Waals surface area contributed by atoms with E-state index in [0.29, 0.717) is 12.3 Å². The second kappa shape index (κ2) is 11.2. The predicted molar refractivity (Wildman–Crippen MR) is 148 cm³/mol. The van der Waals surface area contributed by atoms with Gasteiger partial charge in [-0.3, -0.25) is 9.69 Å². The van der Waals surface area contributed by atoms with E-state index in [1.807, 2.05) is 6.07 Å². The van der Waals surface area contributed by atoms with Crippen molar-refractivity contribution >= 4 is 21.8 Å². The summed E-state index contributed by atoms with van der Waals surface area (Å²) in [7, 11) is 4.99. The highest BCUT2D eigenvalue weighted by atomic mass is 79.9. The molecule has 7 heteroatoms. The highest BCUT2D eigenvalue weighted by molar-refractivity contribution is 9.10. The van der Waals surface area contributed by atoms with Gasteiger partial charge >= 0.3 is 0 Å². The van der Waals surface area contributed by atoms with E-state index in [4.69, 9.17) is 14.2 Å². The molecule has 2 aliphatic rings. The van der Waals surface area contributed by atoms with Gasteiger partial charge in [-0.2, -0.15) is 0 Å². The van der Waals surface area contributed by atoms with Crippen molar-refractivity contribution in [3.8, 4) is 17.2 Å². The van der Waals surface area contributed by atoms with Crippen LogP contribution in [0.1, 0.15) is 46.3 Å². The van der Waals surface area contributed by atoms with Gasteiger partial charge < -0.3 is 19.5 Å². The molecule has 3 aromatic rings. The minimum Gasteiger partial charge on any atom is -0.496 e. The average Bonchev–Trinajstić information content (AvgIpc) is 3.31. The Morgan fingerprint density at radius 2 is 1.68 bits per heavy atom. The molecule has 0 saturated carbocycles. The molecule has 0 fully saturated rings. The highest BCUT2D eigenvalue weighted by Gasteiger charge is 2.32. The molecule has 6 nitrogen and oxygen atoms in total. The summed E-state index contributed by atoms with van der Waals surface area (Å²) >= 11 is 3.62. The SMILES string of the molecule is COc1ccc(CC2c3cc(OC)c(OC)cc3CCN2CC(=O)NC2CCc3ccccc32)cc1Br. The molecule has 1 aliphatic carbocycles. The summed E-state index contributed by atoms with van der Waals surface area (Å²) in [4.78, 5) is 15.6. The van der Waals surface area contributed by atoms with E-state index >= 15 is 0 Å². The van der Waals surface area contributed by atoms with Crippen LogP contribution < -0.4 is 19.5 Å². The number of nitrogens with zero attached hydrogens (tertiary/aromatic N) is 1. The van der Waals surface area contributed by atoms with Gasteiger partial charge in [0.2, 0.25) is 5.91 Å². The minimum atomic E-state index is 0.0189. The van der Waals surface area contributed by atoms with Crippen LogP contribution in [0.15, 0.2) is 59.1 Å². The fourth-order valence-corrected chi connectivity index (χ4v) is 6.29.